The number of hydrogen-bond acceptors (Lipinski definition) is 1. The fraction of sp³-hybridized carbons (Fsp3) is 0.455. The fourth-order valence-electron chi connectivity index (χ4n) is 1.36. The first-order chi connectivity index (χ1) is 5.88. The number of aryl methyl sites for hydroxylation is 2. The predicted molar refractivity (Wildman–Crippen MR) is 62.9 cm³/mol. The highest BCUT2D eigenvalue weighted by molar-refractivity contribution is 6.79. The van der Waals surface area contributed by atoms with Gasteiger partial charge in [0.2, 0.25) is 0 Å². The van der Waals surface area contributed by atoms with Gasteiger partial charge >= 0.3 is 0 Å². The Kier molecular flexibility index (Phi) is 2.81. The molecule has 0 saturated heterocycles. The van der Waals surface area contributed by atoms with Crippen LogP contribution in [-0.4, -0.2) is 8.24 Å². The Labute approximate surface area is 82.3 Å². The van der Waals surface area contributed by atoms with Crippen LogP contribution < -0.4 is 4.98 Å². The van der Waals surface area contributed by atoms with E-state index in [9.17, 15) is 0 Å². The Morgan fingerprint density at radius 2 is 1.69 bits per heavy atom. The minimum absolute atomic E-state index is 1.20. The molecule has 1 aromatic carbocycles. The summed E-state index contributed by atoms with van der Waals surface area (Å²) in [5, 5.41) is 0. The van der Waals surface area contributed by atoms with E-state index in [1.54, 1.807) is 0 Å². The molecule has 0 aliphatic carbocycles. The molecule has 1 nitrogen and oxygen atoms in total. The Hall–Kier alpha value is -0.763. The number of anilines is 1. The molecule has 72 valence electrons. The van der Waals surface area contributed by atoms with Gasteiger partial charge in [0.1, 0.15) is 8.24 Å². The largest absolute Gasteiger partial charge is 0.411 e. The molecule has 1 N–H and O–H groups in total. The van der Waals surface area contributed by atoms with Crippen molar-refractivity contribution in [2.75, 3.05) is 4.98 Å². The highest BCUT2D eigenvalue weighted by Crippen LogP contribution is 2.18. The molecule has 0 atom stereocenters. The molecule has 0 unspecified atom stereocenters. The van der Waals surface area contributed by atoms with Crippen molar-refractivity contribution < 1.29 is 0 Å². The van der Waals surface area contributed by atoms with Crippen LogP contribution in [0, 0.1) is 13.8 Å². The maximum absolute atomic E-state index is 3.62. The van der Waals surface area contributed by atoms with Gasteiger partial charge in [-0.15, -0.1) is 0 Å². The molecule has 2 heteroatoms. The summed E-state index contributed by atoms with van der Waals surface area (Å²) in [4.78, 5) is 3.62. The minimum atomic E-state index is -1.20. The van der Waals surface area contributed by atoms with Crippen LogP contribution in [0.15, 0.2) is 18.2 Å². The Bertz CT molecular complexity index is 299. The van der Waals surface area contributed by atoms with Crippen LogP contribution in [0.25, 0.3) is 0 Å². The lowest BCUT2D eigenvalue weighted by Gasteiger charge is -2.21. The summed E-state index contributed by atoms with van der Waals surface area (Å²) in [6.45, 7) is 11.2. The average Bonchev–Trinajstić information content (AvgIpc) is 1.93. The Morgan fingerprint density at radius 1 is 1.08 bits per heavy atom. The van der Waals surface area contributed by atoms with E-state index in [-0.39, 0.29) is 0 Å². The zero-order chi connectivity index (χ0) is 10.1. The summed E-state index contributed by atoms with van der Waals surface area (Å²) in [5.41, 5.74) is 3.98. The third-order valence-electron chi connectivity index (χ3n) is 1.89. The summed E-state index contributed by atoms with van der Waals surface area (Å²) in [7, 11) is -1.20. The van der Waals surface area contributed by atoms with E-state index in [0.717, 1.165) is 0 Å². The predicted octanol–water partition coefficient (Wildman–Crippen LogP) is 3.55. The lowest BCUT2D eigenvalue weighted by molar-refractivity contribution is 1.37. The first kappa shape index (κ1) is 10.3. The second-order valence-electron chi connectivity index (χ2n) is 4.69. The highest BCUT2D eigenvalue weighted by atomic mass is 28.3. The van der Waals surface area contributed by atoms with E-state index in [0.29, 0.717) is 0 Å². The molecule has 0 bridgehead atoms. The van der Waals surface area contributed by atoms with Crippen LogP contribution in [0.2, 0.25) is 19.6 Å². The van der Waals surface area contributed by atoms with Crippen LogP contribution in [-0.2, 0) is 0 Å². The van der Waals surface area contributed by atoms with Gasteiger partial charge in [0.05, 0.1) is 0 Å². The normalized spacial score (nSPS) is 11.5. The molecule has 1 rings (SSSR count). The van der Waals surface area contributed by atoms with Crippen molar-refractivity contribution in [3.63, 3.8) is 0 Å². The number of nitrogens with one attached hydrogen (secondary N) is 1. The maximum Gasteiger partial charge on any atom is 0.144 e. The van der Waals surface area contributed by atoms with Gasteiger partial charge in [-0.25, -0.2) is 0 Å². The first-order valence-electron chi connectivity index (χ1n) is 4.74. The molecule has 0 amide bonds. The number of rotatable bonds is 2. The van der Waals surface area contributed by atoms with Crippen molar-refractivity contribution in [2.24, 2.45) is 0 Å². The van der Waals surface area contributed by atoms with Crippen molar-refractivity contribution in [1.82, 2.24) is 0 Å². The van der Waals surface area contributed by atoms with E-state index in [1.165, 1.54) is 16.8 Å². The van der Waals surface area contributed by atoms with E-state index in [2.05, 4.69) is 56.7 Å². The lowest BCUT2D eigenvalue weighted by atomic mass is 10.1. The minimum Gasteiger partial charge on any atom is -0.411 e. The van der Waals surface area contributed by atoms with Gasteiger partial charge < -0.3 is 4.98 Å². The second-order valence-corrected chi connectivity index (χ2v) is 9.44. The summed E-state index contributed by atoms with van der Waals surface area (Å²) in [6, 6.07) is 6.57. The zero-order valence-corrected chi connectivity index (χ0v) is 10.2. The van der Waals surface area contributed by atoms with Crippen LogP contribution in [0.3, 0.4) is 0 Å². The van der Waals surface area contributed by atoms with Crippen molar-refractivity contribution >= 4 is 13.9 Å². The molecule has 13 heavy (non-hydrogen) atoms. The smallest absolute Gasteiger partial charge is 0.144 e. The summed E-state index contributed by atoms with van der Waals surface area (Å²) >= 11 is 0. The van der Waals surface area contributed by atoms with Crippen molar-refractivity contribution in [3.05, 3.63) is 29.3 Å². The topological polar surface area (TPSA) is 12.0 Å². The summed E-state index contributed by atoms with van der Waals surface area (Å²) in [6.07, 6.45) is 0. The van der Waals surface area contributed by atoms with Crippen LogP contribution in [0.4, 0.5) is 5.69 Å². The summed E-state index contributed by atoms with van der Waals surface area (Å²) in [5.74, 6) is 0. The molecule has 0 spiro atoms. The molecular formula is C11H19NSi. The van der Waals surface area contributed by atoms with Gasteiger partial charge in [0.15, 0.2) is 0 Å². The van der Waals surface area contributed by atoms with Crippen LogP contribution >= 0.6 is 0 Å². The zero-order valence-electron chi connectivity index (χ0n) is 9.23. The maximum atomic E-state index is 3.62. The quantitative estimate of drug-likeness (QED) is 0.708. The van der Waals surface area contributed by atoms with E-state index in [1.807, 2.05) is 0 Å². The molecule has 1 aromatic rings. The van der Waals surface area contributed by atoms with Gasteiger partial charge in [-0.3, -0.25) is 0 Å². The average molecular weight is 193 g/mol. The number of hydrogen-bond donors (Lipinski definition) is 1. The standard InChI is InChI=1S/C11H19NSi/c1-9-6-7-11(10(2)8-9)12-13(3,4)5/h6-8,12H,1-5H3. The van der Waals surface area contributed by atoms with Crippen LogP contribution in [0.1, 0.15) is 11.1 Å². The molecule has 0 aliphatic heterocycles. The van der Waals surface area contributed by atoms with Crippen LogP contribution in [0.5, 0.6) is 0 Å². The Morgan fingerprint density at radius 3 is 2.15 bits per heavy atom. The van der Waals surface area contributed by atoms with E-state index in [4.69, 9.17) is 0 Å². The van der Waals surface area contributed by atoms with E-state index >= 15 is 0 Å². The summed E-state index contributed by atoms with van der Waals surface area (Å²) < 4.78 is 0. The highest BCUT2D eigenvalue weighted by Gasteiger charge is 2.13. The van der Waals surface area contributed by atoms with Crippen molar-refractivity contribution in [1.29, 1.82) is 0 Å². The fourth-order valence-corrected chi connectivity index (χ4v) is 2.45. The number of benzene rings is 1. The third-order valence-corrected chi connectivity index (χ3v) is 2.91. The monoisotopic (exact) mass is 193 g/mol. The van der Waals surface area contributed by atoms with Gasteiger partial charge in [0, 0.05) is 5.69 Å². The first-order valence-corrected chi connectivity index (χ1v) is 8.24. The SMILES string of the molecule is Cc1ccc(N[Si](C)(C)C)c(C)c1. The molecule has 0 aromatic heterocycles. The Balaban J connectivity index is 2.90. The molecule has 0 radical (unpaired) electrons. The van der Waals surface area contributed by atoms with Gasteiger partial charge in [-0.05, 0) is 25.5 Å². The molecule has 0 saturated carbocycles. The second kappa shape index (κ2) is 3.54. The van der Waals surface area contributed by atoms with Gasteiger partial charge in [0.25, 0.3) is 0 Å². The molecule has 0 heterocycles. The van der Waals surface area contributed by atoms with Gasteiger partial charge in [-0.1, -0.05) is 37.3 Å². The lowest BCUT2D eigenvalue weighted by Crippen LogP contribution is -2.32. The van der Waals surface area contributed by atoms with Gasteiger partial charge in [-0.2, -0.15) is 0 Å². The molecular weight excluding hydrogens is 174 g/mol. The molecule has 0 fully saturated rings. The third kappa shape index (κ3) is 3.23. The van der Waals surface area contributed by atoms with Crippen molar-refractivity contribution in [3.8, 4) is 0 Å². The van der Waals surface area contributed by atoms with E-state index < -0.39 is 8.24 Å². The molecule has 0 aliphatic rings. The van der Waals surface area contributed by atoms with Crippen molar-refractivity contribution in [2.45, 2.75) is 33.5 Å².